The van der Waals surface area contributed by atoms with Crippen LogP contribution in [0.2, 0.25) is 0 Å². The van der Waals surface area contributed by atoms with Crippen LogP contribution in [0.4, 0.5) is 4.39 Å². The van der Waals surface area contributed by atoms with Gasteiger partial charge in [0.25, 0.3) is 0 Å². The van der Waals surface area contributed by atoms with Crippen molar-refractivity contribution >= 4 is 27.7 Å². The number of rotatable bonds is 4. The van der Waals surface area contributed by atoms with Crippen LogP contribution >= 0.6 is 27.7 Å². The van der Waals surface area contributed by atoms with Crippen molar-refractivity contribution in [1.29, 1.82) is 0 Å². The Balaban J connectivity index is 2.14. The second kappa shape index (κ2) is 6.89. The Bertz CT molecular complexity index is 795. The predicted octanol–water partition coefficient (Wildman–Crippen LogP) is 5.94. The molecule has 0 N–H and O–H groups in total. The summed E-state index contributed by atoms with van der Waals surface area (Å²) in [6, 6.07) is 14.6. The molecule has 3 rings (SSSR count). The van der Waals surface area contributed by atoms with E-state index in [2.05, 4.69) is 39.3 Å². The number of hydrogen-bond donors (Lipinski definition) is 0. The Hall–Kier alpha value is -1.59. The lowest BCUT2D eigenvalue weighted by atomic mass is 10.1. The first kappa shape index (κ1) is 16.3. The summed E-state index contributed by atoms with van der Waals surface area (Å²) in [5, 5.41) is 1.32. The monoisotopic (exact) mass is 390 g/mol. The van der Waals surface area contributed by atoms with Crippen molar-refractivity contribution in [3.05, 3.63) is 65.0 Å². The van der Waals surface area contributed by atoms with E-state index in [1.807, 2.05) is 30.5 Å². The number of imidazole rings is 1. The minimum Gasteiger partial charge on any atom is -0.287 e. The third kappa shape index (κ3) is 3.67. The molecular weight excluding hydrogens is 375 g/mol. The van der Waals surface area contributed by atoms with Crippen molar-refractivity contribution in [2.75, 3.05) is 0 Å². The number of hydrogen-bond acceptors (Lipinski definition) is 2. The normalized spacial score (nSPS) is 11.2. The lowest BCUT2D eigenvalue weighted by Crippen LogP contribution is -2.01. The molecule has 0 saturated carbocycles. The molecule has 0 saturated heterocycles. The summed E-state index contributed by atoms with van der Waals surface area (Å²) in [6.07, 6.45) is 1.87. The first-order valence-corrected chi connectivity index (χ1v) is 8.98. The summed E-state index contributed by atoms with van der Waals surface area (Å²) in [5.74, 6) is -0.239. The topological polar surface area (TPSA) is 17.8 Å². The van der Waals surface area contributed by atoms with E-state index in [1.165, 1.54) is 12.1 Å². The van der Waals surface area contributed by atoms with Crippen LogP contribution < -0.4 is 0 Å². The zero-order chi connectivity index (χ0) is 16.4. The second-order valence-electron chi connectivity index (χ2n) is 5.41. The molecule has 0 spiro atoms. The molecule has 0 atom stereocenters. The van der Waals surface area contributed by atoms with Crippen LogP contribution in [0.15, 0.2) is 64.4 Å². The van der Waals surface area contributed by atoms with Crippen molar-refractivity contribution in [2.24, 2.45) is 0 Å². The van der Waals surface area contributed by atoms with Gasteiger partial charge in [-0.1, -0.05) is 53.7 Å². The number of aromatic nitrogens is 2. The predicted molar refractivity (Wildman–Crippen MR) is 97.7 cm³/mol. The van der Waals surface area contributed by atoms with Gasteiger partial charge < -0.3 is 0 Å². The van der Waals surface area contributed by atoms with E-state index < -0.39 is 0 Å². The fourth-order valence-corrected chi connectivity index (χ4v) is 3.40. The number of nitrogens with zero attached hydrogens (tertiary/aromatic N) is 2. The molecule has 0 aliphatic heterocycles. The third-order valence-corrected chi connectivity index (χ3v) is 4.79. The molecule has 118 valence electrons. The largest absolute Gasteiger partial charge is 0.287 e. The summed E-state index contributed by atoms with van der Waals surface area (Å²) in [7, 11) is 0. The lowest BCUT2D eigenvalue weighted by molar-refractivity contribution is 0.627. The Morgan fingerprint density at radius 3 is 2.30 bits per heavy atom. The average Bonchev–Trinajstić information content (AvgIpc) is 2.92. The molecule has 5 heteroatoms. The molecule has 2 aromatic carbocycles. The molecule has 23 heavy (non-hydrogen) atoms. The van der Waals surface area contributed by atoms with Gasteiger partial charge >= 0.3 is 0 Å². The number of thioether (sulfide) groups is 1. The van der Waals surface area contributed by atoms with Gasteiger partial charge in [-0.3, -0.25) is 4.57 Å². The minimum absolute atomic E-state index is 0.239. The summed E-state index contributed by atoms with van der Waals surface area (Å²) in [6.45, 7) is 4.27. The van der Waals surface area contributed by atoms with Gasteiger partial charge in [0.05, 0.1) is 11.9 Å². The van der Waals surface area contributed by atoms with Crippen molar-refractivity contribution in [1.82, 2.24) is 9.55 Å². The maximum atomic E-state index is 13.3. The maximum absolute atomic E-state index is 13.3. The van der Waals surface area contributed by atoms with Crippen molar-refractivity contribution in [3.8, 4) is 16.9 Å². The zero-order valence-electron chi connectivity index (χ0n) is 12.8. The summed E-state index contributed by atoms with van der Waals surface area (Å²) in [4.78, 5) is 4.57. The van der Waals surface area contributed by atoms with Gasteiger partial charge in [0.1, 0.15) is 5.82 Å². The van der Waals surface area contributed by atoms with E-state index in [-0.39, 0.29) is 5.82 Å². The fourth-order valence-electron chi connectivity index (χ4n) is 2.29. The van der Waals surface area contributed by atoms with E-state index in [4.69, 9.17) is 0 Å². The molecule has 1 heterocycles. The van der Waals surface area contributed by atoms with Gasteiger partial charge in [0.15, 0.2) is 5.16 Å². The first-order valence-electron chi connectivity index (χ1n) is 7.31. The van der Waals surface area contributed by atoms with Crippen LogP contribution in [0.3, 0.4) is 0 Å². The molecule has 0 radical (unpaired) electrons. The quantitative estimate of drug-likeness (QED) is 0.512. The second-order valence-corrected chi connectivity index (χ2v) is 7.87. The van der Waals surface area contributed by atoms with Gasteiger partial charge in [-0.05, 0) is 36.4 Å². The highest BCUT2D eigenvalue weighted by molar-refractivity contribution is 9.10. The lowest BCUT2D eigenvalue weighted by Gasteiger charge is -2.13. The smallest absolute Gasteiger partial charge is 0.173 e. The number of benzene rings is 2. The highest BCUT2D eigenvalue weighted by Crippen LogP contribution is 2.32. The van der Waals surface area contributed by atoms with Gasteiger partial charge in [0, 0.05) is 21.0 Å². The fraction of sp³-hybridized carbons (Fsp3) is 0.167. The van der Waals surface area contributed by atoms with E-state index >= 15 is 0 Å². The van der Waals surface area contributed by atoms with Gasteiger partial charge in [-0.25, -0.2) is 9.37 Å². The maximum Gasteiger partial charge on any atom is 0.173 e. The van der Waals surface area contributed by atoms with Crippen LogP contribution in [-0.2, 0) is 0 Å². The van der Waals surface area contributed by atoms with Crippen LogP contribution in [0.1, 0.15) is 13.8 Å². The number of halogens is 2. The van der Waals surface area contributed by atoms with Crippen molar-refractivity contribution in [3.63, 3.8) is 0 Å². The molecule has 0 bridgehead atoms. The molecule has 3 aromatic rings. The molecule has 1 aromatic heterocycles. The van der Waals surface area contributed by atoms with E-state index in [0.717, 1.165) is 26.6 Å². The Morgan fingerprint density at radius 1 is 1.04 bits per heavy atom. The van der Waals surface area contributed by atoms with Crippen molar-refractivity contribution in [2.45, 2.75) is 24.3 Å². The Morgan fingerprint density at radius 2 is 1.70 bits per heavy atom. The molecule has 0 aliphatic carbocycles. The van der Waals surface area contributed by atoms with Crippen molar-refractivity contribution < 1.29 is 4.39 Å². The van der Waals surface area contributed by atoms with Gasteiger partial charge in [-0.2, -0.15) is 0 Å². The highest BCUT2D eigenvalue weighted by Gasteiger charge is 2.15. The van der Waals surface area contributed by atoms with Crippen LogP contribution in [0, 0.1) is 5.82 Å². The standard InChI is InChI=1S/C18H16BrFN2S/c1-12(2)23-18-21-11-17(13-3-5-14(19)6-4-13)22(18)16-9-7-15(20)8-10-16/h3-12H,1-2H3. The molecular formula is C18H16BrFN2S. The third-order valence-electron chi connectivity index (χ3n) is 3.30. The van der Waals surface area contributed by atoms with Gasteiger partial charge in [0.2, 0.25) is 0 Å². The van der Waals surface area contributed by atoms with Crippen LogP contribution in [0.25, 0.3) is 16.9 Å². The molecule has 0 fully saturated rings. The van der Waals surface area contributed by atoms with E-state index in [1.54, 1.807) is 23.9 Å². The van der Waals surface area contributed by atoms with Gasteiger partial charge in [-0.15, -0.1) is 0 Å². The van der Waals surface area contributed by atoms with Crippen LogP contribution in [-0.4, -0.2) is 14.8 Å². The van der Waals surface area contributed by atoms with E-state index in [0.29, 0.717) is 5.25 Å². The Labute approximate surface area is 147 Å². The average molecular weight is 391 g/mol. The zero-order valence-corrected chi connectivity index (χ0v) is 15.2. The van der Waals surface area contributed by atoms with E-state index in [9.17, 15) is 4.39 Å². The summed E-state index contributed by atoms with van der Waals surface area (Å²) in [5.41, 5.74) is 2.97. The highest BCUT2D eigenvalue weighted by atomic mass is 79.9. The van der Waals surface area contributed by atoms with Crippen LogP contribution in [0.5, 0.6) is 0 Å². The summed E-state index contributed by atoms with van der Waals surface area (Å²) >= 11 is 5.15. The molecule has 2 nitrogen and oxygen atoms in total. The Kier molecular flexibility index (Phi) is 4.87. The molecule has 0 amide bonds. The SMILES string of the molecule is CC(C)Sc1ncc(-c2ccc(Br)cc2)n1-c1ccc(F)cc1. The minimum atomic E-state index is -0.239. The molecule has 0 aliphatic rings. The first-order chi connectivity index (χ1) is 11.0. The molecule has 0 unspecified atom stereocenters. The summed E-state index contributed by atoms with van der Waals surface area (Å²) < 4.78 is 16.4.